The van der Waals surface area contributed by atoms with E-state index in [9.17, 15) is 4.79 Å². The number of benzene rings is 1. The van der Waals surface area contributed by atoms with Gasteiger partial charge in [0.05, 0.1) is 4.91 Å². The quantitative estimate of drug-likeness (QED) is 0.832. The molecule has 0 radical (unpaired) electrons. The van der Waals surface area contributed by atoms with Crippen molar-refractivity contribution in [2.24, 2.45) is 4.99 Å². The summed E-state index contributed by atoms with van der Waals surface area (Å²) >= 11 is 13.4. The Bertz CT molecular complexity index is 682. The van der Waals surface area contributed by atoms with Crippen LogP contribution in [0.3, 0.4) is 0 Å². The number of thioether (sulfide) groups is 1. The third-order valence-corrected chi connectivity index (χ3v) is 5.21. The molecule has 3 rings (SSSR count). The summed E-state index contributed by atoms with van der Waals surface area (Å²) in [5.41, 5.74) is 1.67. The van der Waals surface area contributed by atoms with Crippen LogP contribution < -0.4 is 5.32 Å². The van der Waals surface area contributed by atoms with Gasteiger partial charge in [0.25, 0.3) is 5.91 Å². The number of amides is 1. The molecule has 1 amide bonds. The van der Waals surface area contributed by atoms with Crippen molar-refractivity contribution in [3.63, 3.8) is 0 Å². The van der Waals surface area contributed by atoms with E-state index in [1.165, 1.54) is 11.8 Å². The van der Waals surface area contributed by atoms with Crippen LogP contribution in [-0.4, -0.2) is 29.1 Å². The number of hydrogen-bond acceptors (Lipinski definition) is 4. The summed E-state index contributed by atoms with van der Waals surface area (Å²) in [5, 5.41) is 4.83. The molecule has 2 aliphatic heterocycles. The van der Waals surface area contributed by atoms with Gasteiger partial charge in [-0.15, -0.1) is 0 Å². The molecule has 1 aromatic carbocycles. The first-order valence-electron chi connectivity index (χ1n) is 7.59. The van der Waals surface area contributed by atoms with Gasteiger partial charge in [-0.2, -0.15) is 0 Å². The fraction of sp³-hybridized carbons (Fsp3) is 0.375. The standard InChI is InChI=1S/C16H17Cl2N3OS/c1-2-4-13-14(23-16-19-5-3-6-21(13)16)15(22)20-12-8-10(17)7-11(18)9-12/h7-9H,2-6H2,1H3,(H,20,22). The molecule has 1 N–H and O–H groups in total. The highest BCUT2D eigenvalue weighted by Gasteiger charge is 2.33. The number of fused-ring (bicyclic) bond motifs is 1. The number of nitrogens with zero attached hydrogens (tertiary/aromatic N) is 2. The van der Waals surface area contributed by atoms with E-state index in [4.69, 9.17) is 23.2 Å². The van der Waals surface area contributed by atoms with Crippen LogP contribution in [0.1, 0.15) is 26.2 Å². The number of halogens is 2. The van der Waals surface area contributed by atoms with Crippen LogP contribution in [0.15, 0.2) is 33.8 Å². The second-order valence-electron chi connectivity index (χ2n) is 5.41. The van der Waals surface area contributed by atoms with Crippen LogP contribution in [0.2, 0.25) is 10.0 Å². The molecule has 0 saturated carbocycles. The molecular weight excluding hydrogens is 353 g/mol. The topological polar surface area (TPSA) is 44.7 Å². The lowest BCUT2D eigenvalue weighted by Crippen LogP contribution is -2.29. The minimum absolute atomic E-state index is 0.131. The van der Waals surface area contributed by atoms with Crippen molar-refractivity contribution in [1.29, 1.82) is 0 Å². The van der Waals surface area contributed by atoms with Crippen LogP contribution in [0, 0.1) is 0 Å². The van der Waals surface area contributed by atoms with E-state index < -0.39 is 0 Å². The predicted octanol–water partition coefficient (Wildman–Crippen LogP) is 4.75. The van der Waals surface area contributed by atoms with E-state index in [1.807, 2.05) is 0 Å². The van der Waals surface area contributed by atoms with Gasteiger partial charge in [0.2, 0.25) is 0 Å². The van der Waals surface area contributed by atoms with Crippen LogP contribution in [0.5, 0.6) is 0 Å². The molecule has 0 aliphatic carbocycles. The number of nitrogens with one attached hydrogen (secondary N) is 1. The molecule has 1 aromatic rings. The zero-order chi connectivity index (χ0) is 16.4. The Hall–Kier alpha value is -1.17. The lowest BCUT2D eigenvalue weighted by atomic mass is 10.2. The van der Waals surface area contributed by atoms with Crippen LogP contribution in [-0.2, 0) is 4.79 Å². The number of carbonyl (C=O) groups is 1. The molecule has 2 aliphatic rings. The Balaban J connectivity index is 1.85. The fourth-order valence-corrected chi connectivity index (χ4v) is 4.32. The third-order valence-electron chi connectivity index (χ3n) is 3.61. The normalized spacial score (nSPS) is 17.2. The number of hydrogen-bond donors (Lipinski definition) is 1. The van der Waals surface area contributed by atoms with Gasteiger partial charge in [0, 0.05) is 34.5 Å². The summed E-state index contributed by atoms with van der Waals surface area (Å²) in [6.07, 6.45) is 2.88. The van der Waals surface area contributed by atoms with E-state index >= 15 is 0 Å². The first-order chi connectivity index (χ1) is 11.1. The number of aliphatic imine (C=N–C) groups is 1. The molecule has 0 aromatic heterocycles. The van der Waals surface area contributed by atoms with Gasteiger partial charge in [-0.3, -0.25) is 9.79 Å². The van der Waals surface area contributed by atoms with Crippen molar-refractivity contribution >= 4 is 51.7 Å². The third kappa shape index (κ3) is 3.67. The molecular formula is C16H17Cl2N3OS. The van der Waals surface area contributed by atoms with Gasteiger partial charge in [-0.25, -0.2) is 0 Å². The minimum atomic E-state index is -0.131. The van der Waals surface area contributed by atoms with E-state index in [0.29, 0.717) is 15.7 Å². The molecule has 4 nitrogen and oxygen atoms in total. The summed E-state index contributed by atoms with van der Waals surface area (Å²) in [4.78, 5) is 20.1. The second-order valence-corrected chi connectivity index (χ2v) is 7.26. The molecule has 0 fully saturated rings. The molecule has 0 bridgehead atoms. The number of allylic oxidation sites excluding steroid dienone is 1. The minimum Gasteiger partial charge on any atom is -0.323 e. The van der Waals surface area contributed by atoms with Gasteiger partial charge >= 0.3 is 0 Å². The van der Waals surface area contributed by atoms with Crippen LogP contribution in [0.4, 0.5) is 5.69 Å². The SMILES string of the molecule is CCCC1=C(C(=O)Nc2cc(Cl)cc(Cl)c2)SC2=NCCCN21. The Labute approximate surface area is 149 Å². The number of anilines is 1. The maximum Gasteiger partial charge on any atom is 0.264 e. The summed E-state index contributed by atoms with van der Waals surface area (Å²) < 4.78 is 0. The number of rotatable bonds is 4. The highest BCUT2D eigenvalue weighted by molar-refractivity contribution is 8.18. The molecule has 0 unspecified atom stereocenters. The van der Waals surface area contributed by atoms with Gasteiger partial charge in [-0.1, -0.05) is 36.5 Å². The van der Waals surface area contributed by atoms with E-state index in [1.54, 1.807) is 18.2 Å². The Morgan fingerprint density at radius 2 is 2.09 bits per heavy atom. The average Bonchev–Trinajstić information content (AvgIpc) is 2.86. The molecule has 2 heterocycles. The lowest BCUT2D eigenvalue weighted by Gasteiger charge is -2.25. The van der Waals surface area contributed by atoms with Crippen molar-refractivity contribution in [2.75, 3.05) is 18.4 Å². The number of amidine groups is 1. The maximum atomic E-state index is 12.7. The van der Waals surface area contributed by atoms with Gasteiger partial charge < -0.3 is 10.2 Å². The van der Waals surface area contributed by atoms with E-state index in [2.05, 4.69) is 22.1 Å². The highest BCUT2D eigenvalue weighted by atomic mass is 35.5. The molecule has 23 heavy (non-hydrogen) atoms. The Kier molecular flexibility index (Phi) is 5.19. The molecule has 0 atom stereocenters. The Morgan fingerprint density at radius 3 is 2.78 bits per heavy atom. The van der Waals surface area contributed by atoms with Crippen molar-refractivity contribution in [3.8, 4) is 0 Å². The monoisotopic (exact) mass is 369 g/mol. The highest BCUT2D eigenvalue weighted by Crippen LogP contribution is 2.39. The molecule has 0 saturated heterocycles. The Morgan fingerprint density at radius 1 is 1.35 bits per heavy atom. The zero-order valence-corrected chi connectivity index (χ0v) is 15.1. The summed E-state index contributed by atoms with van der Waals surface area (Å²) in [6.45, 7) is 3.88. The first kappa shape index (κ1) is 16.7. The smallest absolute Gasteiger partial charge is 0.264 e. The zero-order valence-electron chi connectivity index (χ0n) is 12.7. The average molecular weight is 370 g/mol. The van der Waals surface area contributed by atoms with E-state index in [0.717, 1.165) is 48.1 Å². The molecule has 0 spiro atoms. The van der Waals surface area contributed by atoms with Crippen molar-refractivity contribution in [2.45, 2.75) is 26.2 Å². The van der Waals surface area contributed by atoms with Gasteiger partial charge in [-0.05, 0) is 42.8 Å². The predicted molar refractivity (Wildman–Crippen MR) is 98.2 cm³/mol. The van der Waals surface area contributed by atoms with Crippen molar-refractivity contribution in [1.82, 2.24) is 4.90 Å². The van der Waals surface area contributed by atoms with Gasteiger partial charge in [0.1, 0.15) is 0 Å². The maximum absolute atomic E-state index is 12.7. The molecule has 122 valence electrons. The molecule has 7 heteroatoms. The lowest BCUT2D eigenvalue weighted by molar-refractivity contribution is -0.112. The first-order valence-corrected chi connectivity index (χ1v) is 9.16. The van der Waals surface area contributed by atoms with Crippen molar-refractivity contribution < 1.29 is 4.79 Å². The van der Waals surface area contributed by atoms with Crippen molar-refractivity contribution in [3.05, 3.63) is 38.8 Å². The van der Waals surface area contributed by atoms with Crippen LogP contribution in [0.25, 0.3) is 0 Å². The van der Waals surface area contributed by atoms with E-state index in [-0.39, 0.29) is 5.91 Å². The fourth-order valence-electron chi connectivity index (χ4n) is 2.67. The summed E-state index contributed by atoms with van der Waals surface area (Å²) in [7, 11) is 0. The second kappa shape index (κ2) is 7.16. The largest absolute Gasteiger partial charge is 0.323 e. The summed E-state index contributed by atoms with van der Waals surface area (Å²) in [5.74, 6) is -0.131. The van der Waals surface area contributed by atoms with Crippen LogP contribution >= 0.6 is 35.0 Å². The summed E-state index contributed by atoms with van der Waals surface area (Å²) in [6, 6.07) is 5.02. The number of carbonyl (C=O) groups excluding carboxylic acids is 1. The van der Waals surface area contributed by atoms with Gasteiger partial charge in [0.15, 0.2) is 5.17 Å².